The van der Waals surface area contributed by atoms with Crippen molar-refractivity contribution in [2.45, 2.75) is 23.7 Å². The van der Waals surface area contributed by atoms with Crippen molar-refractivity contribution < 1.29 is 44.3 Å². The highest BCUT2D eigenvalue weighted by molar-refractivity contribution is 7.89. The van der Waals surface area contributed by atoms with Gasteiger partial charge in [0.05, 0.1) is 29.1 Å². The fourth-order valence-corrected chi connectivity index (χ4v) is 4.32. The number of hydrogen-bond acceptors (Lipinski definition) is 5. The number of alkyl halides is 6. The lowest BCUT2D eigenvalue weighted by Gasteiger charge is -2.36. The van der Waals surface area contributed by atoms with E-state index in [-0.39, 0.29) is 42.4 Å². The van der Waals surface area contributed by atoms with E-state index in [1.54, 1.807) is 4.90 Å². The molecule has 0 bridgehead atoms. The normalized spacial score (nSPS) is 15.2. The number of carbonyl (C=O) groups excluding carboxylic acids is 1. The van der Waals surface area contributed by atoms with Crippen molar-refractivity contribution in [3.63, 3.8) is 0 Å². The molecule has 198 valence electrons. The number of carbonyl (C=O) groups is 1. The first-order valence-electron chi connectivity index (χ1n) is 10.7. The van der Waals surface area contributed by atoms with E-state index in [2.05, 4.69) is 4.72 Å². The number of sulfonamides is 1. The van der Waals surface area contributed by atoms with Crippen molar-refractivity contribution in [1.29, 1.82) is 0 Å². The Hall–Kier alpha value is -3.00. The van der Waals surface area contributed by atoms with Crippen LogP contribution in [-0.2, 0) is 16.2 Å². The van der Waals surface area contributed by atoms with Gasteiger partial charge in [0.1, 0.15) is 5.75 Å². The number of hydrogen-bond donors (Lipinski definition) is 1. The quantitative estimate of drug-likeness (QED) is 0.540. The Labute approximate surface area is 203 Å². The Morgan fingerprint density at radius 3 is 2.11 bits per heavy atom. The number of rotatable bonds is 7. The first-order valence-corrected chi connectivity index (χ1v) is 12.2. The highest BCUT2D eigenvalue weighted by Gasteiger charge is 2.31. The SMILES string of the molecule is CNS(=O)(=O)c1ccc(OCCC(F)(F)F)c(C(=O)N2CCN(c3ccc(C(F)(F)F)cc3)CC2)c1. The average Bonchev–Trinajstić information content (AvgIpc) is 2.82. The van der Waals surface area contributed by atoms with Crippen LogP contribution in [0, 0.1) is 0 Å². The van der Waals surface area contributed by atoms with Gasteiger partial charge in [0, 0.05) is 31.9 Å². The van der Waals surface area contributed by atoms with E-state index in [4.69, 9.17) is 4.74 Å². The minimum atomic E-state index is -4.48. The van der Waals surface area contributed by atoms with Crippen LogP contribution in [0.1, 0.15) is 22.3 Å². The largest absolute Gasteiger partial charge is 0.492 e. The number of ether oxygens (including phenoxy) is 1. The fraction of sp³-hybridized carbons (Fsp3) is 0.409. The van der Waals surface area contributed by atoms with Gasteiger partial charge in [-0.3, -0.25) is 4.79 Å². The summed E-state index contributed by atoms with van der Waals surface area (Å²) >= 11 is 0. The molecule has 1 aliphatic heterocycles. The fourth-order valence-electron chi connectivity index (χ4n) is 3.56. The standard InChI is InChI=1S/C22H23F6N3O4S/c1-29-36(33,34)17-6-7-19(35-13-8-21(23,24)25)18(14-17)20(32)31-11-9-30(10-12-31)16-4-2-15(3-5-16)22(26,27)28/h2-7,14,29H,8-13H2,1H3. The van der Waals surface area contributed by atoms with Gasteiger partial charge in [0.15, 0.2) is 0 Å². The molecule has 0 spiro atoms. The van der Waals surface area contributed by atoms with Crippen LogP contribution >= 0.6 is 0 Å². The van der Waals surface area contributed by atoms with Gasteiger partial charge in [0.2, 0.25) is 10.0 Å². The van der Waals surface area contributed by atoms with E-state index in [1.165, 1.54) is 24.1 Å². The molecule has 0 unspecified atom stereocenters. The van der Waals surface area contributed by atoms with Crippen molar-refractivity contribution in [1.82, 2.24) is 9.62 Å². The molecule has 0 aromatic heterocycles. The molecule has 0 atom stereocenters. The maximum Gasteiger partial charge on any atom is 0.416 e. The second-order valence-corrected chi connectivity index (χ2v) is 9.79. The summed E-state index contributed by atoms with van der Waals surface area (Å²) in [6.45, 7) is 0.0745. The monoisotopic (exact) mass is 539 g/mol. The van der Waals surface area contributed by atoms with Crippen LogP contribution in [0.2, 0.25) is 0 Å². The van der Waals surface area contributed by atoms with Crippen molar-refractivity contribution in [2.75, 3.05) is 44.7 Å². The zero-order valence-electron chi connectivity index (χ0n) is 19.0. The van der Waals surface area contributed by atoms with Crippen molar-refractivity contribution in [3.05, 3.63) is 53.6 Å². The molecule has 36 heavy (non-hydrogen) atoms. The molecule has 0 aliphatic carbocycles. The first-order chi connectivity index (χ1) is 16.7. The summed E-state index contributed by atoms with van der Waals surface area (Å²) in [5.41, 5.74) is -0.459. The topological polar surface area (TPSA) is 78.9 Å². The second-order valence-electron chi connectivity index (χ2n) is 7.90. The Bertz CT molecular complexity index is 1180. The van der Waals surface area contributed by atoms with Gasteiger partial charge in [-0.2, -0.15) is 26.3 Å². The minimum Gasteiger partial charge on any atom is -0.492 e. The summed E-state index contributed by atoms with van der Waals surface area (Å²) in [5, 5.41) is 0. The molecular weight excluding hydrogens is 516 g/mol. The van der Waals surface area contributed by atoms with Crippen molar-refractivity contribution in [2.24, 2.45) is 0 Å². The molecule has 1 fully saturated rings. The second kappa shape index (κ2) is 10.5. The predicted molar refractivity (Wildman–Crippen MR) is 118 cm³/mol. The maximum atomic E-state index is 13.2. The third-order valence-electron chi connectivity index (χ3n) is 5.53. The summed E-state index contributed by atoms with van der Waals surface area (Å²) in [4.78, 5) is 16.1. The van der Waals surface area contributed by atoms with Crippen LogP contribution < -0.4 is 14.4 Å². The minimum absolute atomic E-state index is 0.144. The lowest BCUT2D eigenvalue weighted by Crippen LogP contribution is -2.48. The molecule has 1 saturated heterocycles. The van der Waals surface area contributed by atoms with Gasteiger partial charge in [-0.1, -0.05) is 0 Å². The van der Waals surface area contributed by atoms with Gasteiger partial charge in [-0.25, -0.2) is 13.1 Å². The summed E-state index contributed by atoms with van der Waals surface area (Å²) in [6, 6.07) is 7.88. The van der Waals surface area contributed by atoms with Crippen LogP contribution in [0.5, 0.6) is 5.75 Å². The summed E-state index contributed by atoms with van der Waals surface area (Å²) < 4.78 is 108. The smallest absolute Gasteiger partial charge is 0.416 e. The van der Waals surface area contributed by atoms with Crippen LogP contribution in [-0.4, -0.2) is 65.2 Å². The van der Waals surface area contributed by atoms with E-state index < -0.39 is 46.9 Å². The van der Waals surface area contributed by atoms with Crippen LogP contribution in [0.3, 0.4) is 0 Å². The lowest BCUT2D eigenvalue weighted by atomic mass is 10.1. The predicted octanol–water partition coefficient (Wildman–Crippen LogP) is 3.91. The van der Waals surface area contributed by atoms with E-state index in [1.807, 2.05) is 0 Å². The highest BCUT2D eigenvalue weighted by Crippen LogP contribution is 2.31. The Kier molecular flexibility index (Phi) is 8.08. The van der Waals surface area contributed by atoms with Gasteiger partial charge in [-0.15, -0.1) is 0 Å². The molecule has 3 rings (SSSR count). The molecule has 14 heteroatoms. The number of nitrogens with one attached hydrogen (secondary N) is 1. The molecule has 2 aromatic carbocycles. The molecule has 1 N–H and O–H groups in total. The molecular formula is C22H23F6N3O4S. The first kappa shape index (κ1) is 27.6. The summed E-state index contributed by atoms with van der Waals surface area (Å²) in [7, 11) is -2.78. The van der Waals surface area contributed by atoms with Gasteiger partial charge in [0.25, 0.3) is 5.91 Å². The summed E-state index contributed by atoms with van der Waals surface area (Å²) in [5.74, 6) is -0.832. The van der Waals surface area contributed by atoms with E-state index in [9.17, 15) is 39.6 Å². The van der Waals surface area contributed by atoms with Crippen molar-refractivity contribution >= 4 is 21.6 Å². The molecule has 7 nitrogen and oxygen atoms in total. The van der Waals surface area contributed by atoms with Gasteiger partial charge >= 0.3 is 12.4 Å². The number of anilines is 1. The molecule has 1 aliphatic rings. The average molecular weight is 539 g/mol. The Balaban J connectivity index is 1.76. The Morgan fingerprint density at radius 1 is 0.972 bits per heavy atom. The van der Waals surface area contributed by atoms with E-state index in [0.717, 1.165) is 30.3 Å². The Morgan fingerprint density at radius 2 is 1.58 bits per heavy atom. The number of amides is 1. The number of nitrogens with zero attached hydrogens (tertiary/aromatic N) is 2. The zero-order valence-corrected chi connectivity index (χ0v) is 19.8. The van der Waals surface area contributed by atoms with Crippen molar-refractivity contribution in [3.8, 4) is 5.75 Å². The number of piperazine rings is 1. The van der Waals surface area contributed by atoms with Crippen LogP contribution in [0.4, 0.5) is 32.0 Å². The maximum absolute atomic E-state index is 13.2. The highest BCUT2D eigenvalue weighted by atomic mass is 32.2. The van der Waals surface area contributed by atoms with E-state index >= 15 is 0 Å². The molecule has 0 saturated carbocycles. The molecule has 1 heterocycles. The van der Waals surface area contributed by atoms with Crippen LogP contribution in [0.25, 0.3) is 0 Å². The molecule has 1 amide bonds. The van der Waals surface area contributed by atoms with Crippen LogP contribution in [0.15, 0.2) is 47.4 Å². The third-order valence-corrected chi connectivity index (χ3v) is 6.94. The number of halogens is 6. The third kappa shape index (κ3) is 6.81. The van der Waals surface area contributed by atoms with Gasteiger partial charge < -0.3 is 14.5 Å². The van der Waals surface area contributed by atoms with E-state index in [0.29, 0.717) is 5.69 Å². The van der Waals surface area contributed by atoms with Gasteiger partial charge in [-0.05, 0) is 49.5 Å². The number of benzene rings is 2. The molecule has 0 radical (unpaired) electrons. The summed E-state index contributed by atoms with van der Waals surface area (Å²) in [6.07, 6.45) is -10.2. The molecule has 2 aromatic rings. The zero-order chi connectivity index (χ0) is 26.7. The lowest BCUT2D eigenvalue weighted by molar-refractivity contribution is -0.139.